The van der Waals surface area contributed by atoms with Gasteiger partial charge in [-0.15, -0.1) is 11.3 Å². The number of rotatable bonds is 7. The Labute approximate surface area is 131 Å². The van der Waals surface area contributed by atoms with Crippen LogP contribution in [0.2, 0.25) is 0 Å². The van der Waals surface area contributed by atoms with E-state index in [4.69, 9.17) is 4.98 Å². The number of nitrogens with zero attached hydrogens (tertiary/aromatic N) is 3. The van der Waals surface area contributed by atoms with Crippen LogP contribution in [0.1, 0.15) is 42.9 Å². The molecule has 2 heterocycles. The maximum Gasteiger partial charge on any atom is 0.186 e. The maximum atomic E-state index is 4.77. The van der Waals surface area contributed by atoms with Gasteiger partial charge in [-0.3, -0.25) is 4.98 Å². The first-order chi connectivity index (χ1) is 10.2. The third-order valence-electron chi connectivity index (χ3n) is 3.50. The van der Waals surface area contributed by atoms with E-state index in [2.05, 4.69) is 55.0 Å². The van der Waals surface area contributed by atoms with Crippen molar-refractivity contribution < 1.29 is 0 Å². The first-order valence-corrected chi connectivity index (χ1v) is 8.31. The Balaban J connectivity index is 2.17. The largest absolute Gasteiger partial charge is 0.344 e. The van der Waals surface area contributed by atoms with E-state index in [0.717, 1.165) is 30.5 Å². The highest BCUT2D eigenvalue weighted by Gasteiger charge is 2.17. The number of aryl methyl sites for hydroxylation is 1. The first-order valence-electron chi connectivity index (χ1n) is 7.50. The summed E-state index contributed by atoms with van der Waals surface area (Å²) in [6, 6.07) is 4.48. The van der Waals surface area contributed by atoms with Crippen molar-refractivity contribution in [3.05, 3.63) is 40.7 Å². The molecule has 1 atom stereocenters. The van der Waals surface area contributed by atoms with Crippen LogP contribution in [0, 0.1) is 6.92 Å². The molecule has 0 radical (unpaired) electrons. The number of pyridine rings is 1. The second-order valence-electron chi connectivity index (χ2n) is 5.10. The van der Waals surface area contributed by atoms with Gasteiger partial charge >= 0.3 is 0 Å². The predicted octanol–water partition coefficient (Wildman–Crippen LogP) is 3.54. The Bertz CT molecular complexity index is 553. The van der Waals surface area contributed by atoms with Gasteiger partial charge in [0.15, 0.2) is 5.13 Å². The van der Waals surface area contributed by atoms with E-state index in [1.54, 1.807) is 11.3 Å². The molecule has 1 N–H and O–H groups in total. The molecule has 0 aliphatic heterocycles. The smallest absolute Gasteiger partial charge is 0.186 e. The lowest BCUT2D eigenvalue weighted by Crippen LogP contribution is -2.21. The van der Waals surface area contributed by atoms with Crippen molar-refractivity contribution in [2.75, 3.05) is 18.0 Å². The van der Waals surface area contributed by atoms with Crippen LogP contribution in [-0.2, 0) is 6.54 Å². The predicted molar refractivity (Wildman–Crippen MR) is 89.9 cm³/mol. The Morgan fingerprint density at radius 1 is 1.29 bits per heavy atom. The minimum absolute atomic E-state index is 0.362. The molecular weight excluding hydrogens is 280 g/mol. The van der Waals surface area contributed by atoms with Gasteiger partial charge in [-0.25, -0.2) is 4.98 Å². The molecule has 0 bridgehead atoms. The number of anilines is 1. The summed E-state index contributed by atoms with van der Waals surface area (Å²) in [5.74, 6) is 0. The second-order valence-corrected chi connectivity index (χ2v) is 6.10. The van der Waals surface area contributed by atoms with Gasteiger partial charge in [0.2, 0.25) is 0 Å². The van der Waals surface area contributed by atoms with Crippen LogP contribution in [0.25, 0.3) is 0 Å². The summed E-state index contributed by atoms with van der Waals surface area (Å²) in [4.78, 5) is 12.5. The topological polar surface area (TPSA) is 41.0 Å². The van der Waals surface area contributed by atoms with Gasteiger partial charge < -0.3 is 10.2 Å². The second kappa shape index (κ2) is 7.52. The minimum Gasteiger partial charge on any atom is -0.344 e. The van der Waals surface area contributed by atoms with Crippen LogP contribution >= 0.6 is 11.3 Å². The van der Waals surface area contributed by atoms with Crippen LogP contribution in [-0.4, -0.2) is 23.1 Å². The lowest BCUT2D eigenvalue weighted by atomic mass is 10.2. The van der Waals surface area contributed by atoms with E-state index < -0.39 is 0 Å². The normalized spacial score (nSPS) is 12.4. The third kappa shape index (κ3) is 4.02. The fourth-order valence-corrected chi connectivity index (χ4v) is 3.51. The molecule has 0 aromatic carbocycles. The average Bonchev–Trinajstić information content (AvgIpc) is 2.88. The summed E-state index contributed by atoms with van der Waals surface area (Å²) in [6.07, 6.45) is 3.68. The van der Waals surface area contributed by atoms with Gasteiger partial charge in [-0.1, -0.05) is 6.92 Å². The highest BCUT2D eigenvalue weighted by molar-refractivity contribution is 7.15. The molecule has 2 aromatic heterocycles. The zero-order valence-electron chi connectivity index (χ0n) is 13.3. The Morgan fingerprint density at radius 2 is 2.00 bits per heavy atom. The van der Waals surface area contributed by atoms with Crippen LogP contribution in [0.4, 0.5) is 5.13 Å². The van der Waals surface area contributed by atoms with Crippen molar-refractivity contribution in [1.82, 2.24) is 15.3 Å². The van der Waals surface area contributed by atoms with E-state index in [1.165, 1.54) is 10.4 Å². The molecule has 0 fully saturated rings. The molecule has 0 aliphatic carbocycles. The Morgan fingerprint density at radius 3 is 2.62 bits per heavy atom. The van der Waals surface area contributed by atoms with Gasteiger partial charge in [0.05, 0.1) is 5.69 Å². The summed E-state index contributed by atoms with van der Waals surface area (Å²) < 4.78 is 0. The van der Waals surface area contributed by atoms with Crippen molar-refractivity contribution in [3.63, 3.8) is 0 Å². The maximum absolute atomic E-state index is 4.77. The fourth-order valence-electron chi connectivity index (χ4n) is 2.35. The quantitative estimate of drug-likeness (QED) is 0.849. The molecule has 0 saturated heterocycles. The Kier molecular flexibility index (Phi) is 5.70. The molecule has 0 saturated carbocycles. The van der Waals surface area contributed by atoms with Crippen molar-refractivity contribution in [3.8, 4) is 0 Å². The van der Waals surface area contributed by atoms with Crippen molar-refractivity contribution in [2.45, 2.75) is 40.3 Å². The van der Waals surface area contributed by atoms with Gasteiger partial charge in [0.25, 0.3) is 0 Å². The van der Waals surface area contributed by atoms with E-state index in [-0.39, 0.29) is 0 Å². The molecule has 0 amide bonds. The molecule has 1 unspecified atom stereocenters. The molecule has 5 heteroatoms. The molecule has 0 spiro atoms. The first kappa shape index (κ1) is 15.9. The zero-order valence-corrected chi connectivity index (χ0v) is 14.1. The number of thiazole rings is 1. The number of aromatic nitrogens is 2. The molecule has 0 aliphatic rings. The van der Waals surface area contributed by atoms with Gasteiger partial charge in [-0.05, 0) is 45.0 Å². The van der Waals surface area contributed by atoms with Crippen LogP contribution in [0.3, 0.4) is 0 Å². The average molecular weight is 304 g/mol. The van der Waals surface area contributed by atoms with E-state index in [1.807, 2.05) is 12.4 Å². The van der Waals surface area contributed by atoms with Crippen molar-refractivity contribution in [1.29, 1.82) is 0 Å². The minimum atomic E-state index is 0.362. The van der Waals surface area contributed by atoms with Gasteiger partial charge in [0.1, 0.15) is 0 Å². The monoisotopic (exact) mass is 304 g/mol. The summed E-state index contributed by atoms with van der Waals surface area (Å²) >= 11 is 1.80. The Hall–Kier alpha value is -1.46. The van der Waals surface area contributed by atoms with E-state index in [9.17, 15) is 0 Å². The molecular formula is C16H24N4S. The van der Waals surface area contributed by atoms with Crippen molar-refractivity contribution >= 4 is 16.5 Å². The van der Waals surface area contributed by atoms with Gasteiger partial charge in [0, 0.05) is 36.4 Å². The summed E-state index contributed by atoms with van der Waals surface area (Å²) in [7, 11) is 0. The zero-order chi connectivity index (χ0) is 15.2. The van der Waals surface area contributed by atoms with E-state index >= 15 is 0 Å². The SMILES string of the molecule is CCNC(C)c1sc(N(CC)Cc2ccncc2)nc1C. The molecule has 2 aromatic rings. The van der Waals surface area contributed by atoms with E-state index in [0.29, 0.717) is 6.04 Å². The fraction of sp³-hybridized carbons (Fsp3) is 0.500. The number of hydrogen-bond acceptors (Lipinski definition) is 5. The lowest BCUT2D eigenvalue weighted by molar-refractivity contribution is 0.603. The van der Waals surface area contributed by atoms with Crippen LogP contribution in [0.15, 0.2) is 24.5 Å². The standard InChI is InChI=1S/C16H24N4S/c1-5-18-12(3)15-13(4)19-16(21-15)20(6-2)11-14-7-9-17-10-8-14/h7-10,12,18H,5-6,11H2,1-4H3. The van der Waals surface area contributed by atoms with Crippen LogP contribution < -0.4 is 10.2 Å². The molecule has 114 valence electrons. The molecule has 2 rings (SSSR count). The number of nitrogens with one attached hydrogen (secondary N) is 1. The van der Waals surface area contributed by atoms with Gasteiger partial charge in [-0.2, -0.15) is 0 Å². The highest BCUT2D eigenvalue weighted by atomic mass is 32.1. The van der Waals surface area contributed by atoms with Crippen molar-refractivity contribution in [2.24, 2.45) is 0 Å². The molecule has 21 heavy (non-hydrogen) atoms. The van der Waals surface area contributed by atoms with Crippen LogP contribution in [0.5, 0.6) is 0 Å². The lowest BCUT2D eigenvalue weighted by Gasteiger charge is -2.19. The summed E-state index contributed by atoms with van der Waals surface area (Å²) in [6.45, 7) is 11.4. The number of hydrogen-bond donors (Lipinski definition) is 1. The summed E-state index contributed by atoms with van der Waals surface area (Å²) in [5, 5.41) is 4.57. The summed E-state index contributed by atoms with van der Waals surface area (Å²) in [5.41, 5.74) is 2.40. The molecule has 4 nitrogen and oxygen atoms in total. The third-order valence-corrected chi connectivity index (χ3v) is 4.90. The highest BCUT2D eigenvalue weighted by Crippen LogP contribution is 2.31.